The molecule has 4 fully saturated rings. The number of rotatable bonds is 18. The maximum atomic E-state index is 13.9. The van der Waals surface area contributed by atoms with Gasteiger partial charge in [0.05, 0.1) is 61.0 Å². The maximum absolute atomic E-state index is 13.9. The van der Waals surface area contributed by atoms with Gasteiger partial charge in [0.15, 0.2) is 24.2 Å². The molecule has 8 N–H and O–H groups in total. The topological polar surface area (TPSA) is 270 Å². The van der Waals surface area contributed by atoms with E-state index in [2.05, 4.69) is 0 Å². The highest BCUT2D eigenvalue weighted by atomic mass is 16.7. The zero-order valence-corrected chi connectivity index (χ0v) is 49.6. The van der Waals surface area contributed by atoms with Crippen molar-refractivity contribution in [3.05, 3.63) is 71.9 Å². The molecule has 0 spiro atoms. The molecule has 24 atom stereocenters. The highest BCUT2D eigenvalue weighted by Crippen LogP contribution is 2.43. The molecule has 18 heteroatoms. The number of hydrogen-bond acceptors (Lipinski definition) is 18. The van der Waals surface area contributed by atoms with Crippen LogP contribution in [0.25, 0.3) is 0 Å². The van der Waals surface area contributed by atoms with E-state index in [0.29, 0.717) is 38.5 Å². The maximum Gasteiger partial charge on any atom is 0.331 e. The lowest BCUT2D eigenvalue weighted by atomic mass is 9.80. The van der Waals surface area contributed by atoms with Gasteiger partial charge >= 0.3 is 11.9 Å². The van der Waals surface area contributed by atoms with Crippen molar-refractivity contribution < 1.29 is 88.3 Å². The van der Waals surface area contributed by atoms with Crippen molar-refractivity contribution in [3.8, 4) is 0 Å². The number of aliphatic hydroxyl groups excluding tert-OH is 6. The normalized spacial score (nSPS) is 43.6. The van der Waals surface area contributed by atoms with Crippen molar-refractivity contribution >= 4 is 11.9 Å². The van der Waals surface area contributed by atoms with Gasteiger partial charge in [0, 0.05) is 86.2 Å². The summed E-state index contributed by atoms with van der Waals surface area (Å²) >= 11 is 0. The van der Waals surface area contributed by atoms with Crippen molar-refractivity contribution in [2.75, 3.05) is 0 Å². The summed E-state index contributed by atoms with van der Waals surface area (Å²) in [5, 5.41) is 89.7. The van der Waals surface area contributed by atoms with Crippen LogP contribution in [0.4, 0.5) is 0 Å². The Kier molecular flexibility index (Phi) is 26.3. The van der Waals surface area contributed by atoms with E-state index in [1.54, 1.807) is 39.8 Å². The van der Waals surface area contributed by atoms with Crippen LogP contribution in [0.2, 0.25) is 0 Å². The first-order chi connectivity index (χ1) is 37.8. The third-order valence-electron chi connectivity index (χ3n) is 17.6. The predicted molar refractivity (Wildman–Crippen MR) is 300 cm³/mol. The molecule has 24 unspecified atom stereocenters. The molecule has 0 aromatic rings. The lowest BCUT2D eigenvalue weighted by molar-refractivity contribution is -0.331. The number of cyclic esters (lactones) is 2. The molecule has 0 amide bonds. The van der Waals surface area contributed by atoms with Gasteiger partial charge in [0.25, 0.3) is 0 Å². The molecule has 5 rings (SSSR count). The van der Waals surface area contributed by atoms with Crippen LogP contribution in [0.3, 0.4) is 0 Å². The fourth-order valence-electron chi connectivity index (χ4n) is 12.4. The van der Waals surface area contributed by atoms with Crippen LogP contribution in [-0.2, 0) is 47.5 Å². The number of hydrogen-bond donors (Lipinski definition) is 8. The van der Waals surface area contributed by atoms with E-state index in [1.165, 1.54) is 12.2 Å². The molecule has 0 radical (unpaired) electrons. The van der Waals surface area contributed by atoms with Crippen LogP contribution >= 0.6 is 0 Å². The van der Waals surface area contributed by atoms with Crippen LogP contribution < -0.4 is 0 Å². The average Bonchev–Trinajstić information content (AvgIpc) is 3.39. The number of esters is 2. The monoisotopic (exact) mass is 1130 g/mol. The summed E-state index contributed by atoms with van der Waals surface area (Å²) in [7, 11) is 0. The molecule has 0 aliphatic carbocycles. The fourth-order valence-corrected chi connectivity index (χ4v) is 12.4. The highest BCUT2D eigenvalue weighted by Gasteiger charge is 2.51. The lowest BCUT2D eigenvalue weighted by Crippen LogP contribution is -2.56. The van der Waals surface area contributed by atoms with Gasteiger partial charge in [-0.2, -0.15) is 0 Å². The van der Waals surface area contributed by atoms with E-state index in [1.807, 2.05) is 91.8 Å². The summed E-state index contributed by atoms with van der Waals surface area (Å²) in [5.74, 6) is -7.44. The van der Waals surface area contributed by atoms with Crippen LogP contribution in [0.15, 0.2) is 71.9 Å². The van der Waals surface area contributed by atoms with Crippen molar-refractivity contribution in [1.82, 2.24) is 0 Å². The molecule has 0 aromatic heterocycles. The third-order valence-corrected chi connectivity index (χ3v) is 17.6. The molecule has 5 aliphatic rings. The Balaban J connectivity index is 1.37. The number of carbonyl (C=O) groups is 2. The van der Waals surface area contributed by atoms with Crippen molar-refractivity contribution in [2.45, 2.75) is 270 Å². The van der Waals surface area contributed by atoms with E-state index in [9.17, 15) is 50.4 Å². The van der Waals surface area contributed by atoms with Gasteiger partial charge in [-0.1, -0.05) is 104 Å². The smallest absolute Gasteiger partial charge is 0.331 e. The second kappa shape index (κ2) is 31.1. The van der Waals surface area contributed by atoms with Gasteiger partial charge < -0.3 is 78.7 Å². The molecule has 456 valence electrons. The number of ether oxygens (including phenoxy) is 8. The van der Waals surface area contributed by atoms with Crippen molar-refractivity contribution in [3.63, 3.8) is 0 Å². The van der Waals surface area contributed by atoms with E-state index >= 15 is 0 Å². The molecule has 5 heterocycles. The number of allylic oxidation sites excluding steroid dienone is 8. The quantitative estimate of drug-likeness (QED) is 0.0637. The fraction of sp³-hybridized carbons (Fsp3) is 0.774. The van der Waals surface area contributed by atoms with Gasteiger partial charge in [0.2, 0.25) is 0 Å². The summed E-state index contributed by atoms with van der Waals surface area (Å²) in [6.07, 6.45) is 6.90. The molecular formula is C62H100O18. The largest absolute Gasteiger partial charge is 0.458 e. The van der Waals surface area contributed by atoms with Gasteiger partial charge in [0.1, 0.15) is 24.4 Å². The van der Waals surface area contributed by atoms with E-state index in [0.717, 1.165) is 11.1 Å². The van der Waals surface area contributed by atoms with Crippen LogP contribution in [-0.4, -0.2) is 162 Å². The molecule has 4 saturated heterocycles. The highest BCUT2D eigenvalue weighted by molar-refractivity contribution is 5.83. The summed E-state index contributed by atoms with van der Waals surface area (Å²) < 4.78 is 49.6. The van der Waals surface area contributed by atoms with E-state index < -0.39 is 145 Å². The minimum atomic E-state index is -1.83. The molecule has 0 aromatic carbocycles. The van der Waals surface area contributed by atoms with Gasteiger partial charge in [-0.25, -0.2) is 9.59 Å². The minimum absolute atomic E-state index is 0.00199. The Morgan fingerprint density at radius 3 is 1.24 bits per heavy atom. The Morgan fingerprint density at radius 2 is 0.925 bits per heavy atom. The first-order valence-electron chi connectivity index (χ1n) is 29.8. The first kappa shape index (κ1) is 67.6. The molecule has 18 nitrogen and oxygen atoms in total. The van der Waals surface area contributed by atoms with Crippen LogP contribution in [0.1, 0.15) is 160 Å². The summed E-state index contributed by atoms with van der Waals surface area (Å²) in [4.78, 5) is 27.8. The Hall–Kier alpha value is -3.18. The second-order valence-electron chi connectivity index (χ2n) is 23.4. The zero-order valence-electron chi connectivity index (χ0n) is 49.6. The molecule has 5 aliphatic heterocycles. The third kappa shape index (κ3) is 18.4. The molecule has 0 saturated carbocycles. The standard InChI is InChI=1S/C62H100O18/c1-13-41-21-19-23-43(15-3)59(35(7)49(65)31-61(71)33-51(45(17-5)37(9)79-61)75-55-29-47(63)57(69)39(11)73-55)78-54(68)28-26-42(14-2)22-20-24-44(16-4)60(77-53(67)27-25-41)36(8)50(66)32-62(72)34-52(46(18-6)38(10)80-62)76-56-30-48(64)58(70)40(12)74-56/h19-28,35-40,43-52,55-60,63-66,69-72H,13-18,29-34H2,1-12H3/b23-19+,24-20+,27-25-,28-26+,41-21-,42-22+. The number of aliphatic hydroxyl groups is 8. The molecular weight excluding hydrogens is 1030 g/mol. The zero-order chi connectivity index (χ0) is 59.2. The van der Waals surface area contributed by atoms with E-state index in [4.69, 9.17) is 37.9 Å². The van der Waals surface area contributed by atoms with Crippen molar-refractivity contribution in [1.29, 1.82) is 0 Å². The second-order valence-corrected chi connectivity index (χ2v) is 23.4. The Bertz CT molecular complexity index is 1950. The van der Waals surface area contributed by atoms with Gasteiger partial charge in [-0.3, -0.25) is 0 Å². The SMILES string of the molecule is CCC1=C/C=C/C(CC)C(C(C)C(O)CC2(O)CC(OC3CC(O)C(O)C(C)O3)C(CC)C(C)O2)OC(=O)/C=C/C(CC)=C/C=C/C(CC)C(C(C)C(O)CC2(O)CC(OC3CC(O)C(O)C(C)O3)C(CC)C(C)O2)OC(=O)/C=C\1. The van der Waals surface area contributed by atoms with Crippen molar-refractivity contribution in [2.24, 2.45) is 35.5 Å². The summed E-state index contributed by atoms with van der Waals surface area (Å²) in [6, 6.07) is 0. The summed E-state index contributed by atoms with van der Waals surface area (Å²) in [5.41, 5.74) is 1.55. The molecule has 0 bridgehead atoms. The first-order valence-corrected chi connectivity index (χ1v) is 29.8. The Morgan fingerprint density at radius 1 is 0.562 bits per heavy atom. The van der Waals surface area contributed by atoms with E-state index in [-0.39, 0.29) is 50.4 Å². The molecule has 80 heavy (non-hydrogen) atoms. The van der Waals surface area contributed by atoms with Crippen LogP contribution in [0.5, 0.6) is 0 Å². The van der Waals surface area contributed by atoms with Gasteiger partial charge in [-0.15, -0.1) is 0 Å². The lowest BCUT2D eigenvalue weighted by Gasteiger charge is -2.48. The number of carbonyl (C=O) groups excluding carboxylic acids is 2. The Labute approximate surface area is 475 Å². The van der Waals surface area contributed by atoms with Crippen LogP contribution in [0, 0.1) is 35.5 Å². The van der Waals surface area contributed by atoms with Gasteiger partial charge in [-0.05, 0) is 77.4 Å². The summed E-state index contributed by atoms with van der Waals surface area (Å²) in [6.45, 7) is 22.3. The predicted octanol–water partition coefficient (Wildman–Crippen LogP) is 7.08. The average molecular weight is 1130 g/mol. The minimum Gasteiger partial charge on any atom is -0.458 e.